The van der Waals surface area contributed by atoms with Gasteiger partial charge < -0.3 is 10.0 Å². The zero-order valence-corrected chi connectivity index (χ0v) is 11.6. The largest absolute Gasteiger partial charge is 0.508 e. The van der Waals surface area contributed by atoms with Gasteiger partial charge in [0.05, 0.1) is 0 Å². The molecule has 0 spiro atoms. The molecule has 0 radical (unpaired) electrons. The number of para-hydroxylation sites is 1. The second-order valence-corrected chi connectivity index (χ2v) is 5.47. The number of piperidine rings is 1. The molecular weight excluding hydrogens is 224 g/mol. The summed E-state index contributed by atoms with van der Waals surface area (Å²) in [6.45, 7) is 4.40. The van der Waals surface area contributed by atoms with Gasteiger partial charge >= 0.3 is 0 Å². The van der Waals surface area contributed by atoms with Crippen LogP contribution in [0, 0.1) is 0 Å². The van der Waals surface area contributed by atoms with Gasteiger partial charge in [0.25, 0.3) is 0 Å². The topological polar surface area (TPSA) is 26.7 Å². The summed E-state index contributed by atoms with van der Waals surface area (Å²) >= 11 is 0. The summed E-state index contributed by atoms with van der Waals surface area (Å²) < 4.78 is 0. The Bertz CT molecular complexity index is 384. The molecule has 1 unspecified atom stereocenters. The zero-order valence-electron chi connectivity index (χ0n) is 11.6. The summed E-state index contributed by atoms with van der Waals surface area (Å²) in [5.41, 5.74) is 1.04. The molecule has 3 nitrogen and oxygen atoms in total. The molecule has 0 aliphatic carbocycles. The average molecular weight is 248 g/mol. The molecule has 0 bridgehead atoms. The first-order valence-corrected chi connectivity index (χ1v) is 6.78. The van der Waals surface area contributed by atoms with Crippen LogP contribution in [0.4, 0.5) is 0 Å². The van der Waals surface area contributed by atoms with E-state index in [4.69, 9.17) is 0 Å². The molecule has 0 aromatic heterocycles. The Morgan fingerprint density at radius 3 is 2.39 bits per heavy atom. The third-order valence-electron chi connectivity index (χ3n) is 4.16. The van der Waals surface area contributed by atoms with Gasteiger partial charge in [0.15, 0.2) is 0 Å². The molecular formula is C15H24N2O. The normalized spacial score (nSPS) is 20.2. The summed E-state index contributed by atoms with van der Waals surface area (Å²) in [5.74, 6) is 0.416. The van der Waals surface area contributed by atoms with Gasteiger partial charge in [-0.2, -0.15) is 0 Å². The Hall–Kier alpha value is -1.06. The van der Waals surface area contributed by atoms with Crippen molar-refractivity contribution in [2.24, 2.45) is 0 Å². The highest BCUT2D eigenvalue weighted by Crippen LogP contribution is 2.30. The molecule has 1 aliphatic rings. The van der Waals surface area contributed by atoms with Crippen molar-refractivity contribution in [1.29, 1.82) is 0 Å². The maximum atomic E-state index is 9.92. The molecule has 1 aromatic rings. The molecule has 1 aromatic carbocycles. The minimum absolute atomic E-state index is 0.300. The van der Waals surface area contributed by atoms with E-state index >= 15 is 0 Å². The first kappa shape index (κ1) is 13.4. The Morgan fingerprint density at radius 2 is 1.83 bits per heavy atom. The van der Waals surface area contributed by atoms with Gasteiger partial charge in [0.1, 0.15) is 5.75 Å². The second-order valence-electron chi connectivity index (χ2n) is 5.47. The maximum absolute atomic E-state index is 9.92. The van der Waals surface area contributed by atoms with E-state index in [9.17, 15) is 5.11 Å². The van der Waals surface area contributed by atoms with Crippen LogP contribution >= 0.6 is 0 Å². The molecule has 100 valence electrons. The van der Waals surface area contributed by atoms with Crippen molar-refractivity contribution in [2.45, 2.75) is 31.8 Å². The smallest absolute Gasteiger partial charge is 0.120 e. The molecule has 1 atom stereocenters. The van der Waals surface area contributed by atoms with Crippen molar-refractivity contribution < 1.29 is 5.11 Å². The fraction of sp³-hybridized carbons (Fsp3) is 0.600. The minimum atomic E-state index is 0.300. The summed E-state index contributed by atoms with van der Waals surface area (Å²) in [6.07, 6.45) is 2.43. The number of hydrogen-bond donors (Lipinski definition) is 1. The molecule has 0 saturated carbocycles. The first-order chi connectivity index (χ1) is 8.59. The monoisotopic (exact) mass is 248 g/mol. The number of phenolic OH excluding ortho intramolecular Hbond substituents is 1. The number of hydrogen-bond acceptors (Lipinski definition) is 3. The van der Waals surface area contributed by atoms with Crippen LogP contribution in [0.2, 0.25) is 0 Å². The van der Waals surface area contributed by atoms with Crippen LogP contribution in [0.3, 0.4) is 0 Å². The molecule has 1 aliphatic heterocycles. The van der Waals surface area contributed by atoms with Gasteiger partial charge in [0.2, 0.25) is 0 Å². The average Bonchev–Trinajstić information content (AvgIpc) is 2.38. The van der Waals surface area contributed by atoms with Crippen LogP contribution in [0.5, 0.6) is 5.75 Å². The van der Waals surface area contributed by atoms with Gasteiger partial charge in [-0.3, -0.25) is 4.90 Å². The van der Waals surface area contributed by atoms with E-state index in [0.717, 1.165) is 18.7 Å². The highest BCUT2D eigenvalue weighted by Gasteiger charge is 2.25. The molecule has 3 heteroatoms. The van der Waals surface area contributed by atoms with Gasteiger partial charge in [-0.25, -0.2) is 0 Å². The van der Waals surface area contributed by atoms with Crippen molar-refractivity contribution in [2.75, 3.05) is 27.2 Å². The Balaban J connectivity index is 2.00. The predicted molar refractivity (Wildman–Crippen MR) is 74.8 cm³/mol. The number of phenols is 1. The SMILES string of the molecule is CC(c1ccccc1O)N1CCC(N(C)C)CC1. The number of nitrogens with zero attached hydrogens (tertiary/aromatic N) is 2. The van der Waals surface area contributed by atoms with E-state index in [2.05, 4.69) is 30.8 Å². The third kappa shape index (κ3) is 2.85. The van der Waals surface area contributed by atoms with E-state index in [-0.39, 0.29) is 0 Å². The Morgan fingerprint density at radius 1 is 1.22 bits per heavy atom. The lowest BCUT2D eigenvalue weighted by Gasteiger charge is -2.38. The Labute approximate surface area is 110 Å². The predicted octanol–water partition coefficient (Wildman–Crippen LogP) is 2.48. The van der Waals surface area contributed by atoms with Gasteiger partial charge in [-0.15, -0.1) is 0 Å². The maximum Gasteiger partial charge on any atom is 0.120 e. The highest BCUT2D eigenvalue weighted by atomic mass is 16.3. The van der Waals surface area contributed by atoms with Crippen LogP contribution in [0.15, 0.2) is 24.3 Å². The standard InChI is InChI=1S/C15H24N2O/c1-12(14-6-4-5-7-15(14)18)17-10-8-13(9-11-17)16(2)3/h4-7,12-13,18H,8-11H2,1-3H3. The van der Waals surface area contributed by atoms with Crippen LogP contribution in [0.25, 0.3) is 0 Å². The minimum Gasteiger partial charge on any atom is -0.508 e. The third-order valence-corrected chi connectivity index (χ3v) is 4.16. The van der Waals surface area contributed by atoms with Gasteiger partial charge in [-0.1, -0.05) is 18.2 Å². The summed E-state index contributed by atoms with van der Waals surface area (Å²) in [7, 11) is 4.32. The number of rotatable bonds is 3. The zero-order chi connectivity index (χ0) is 13.1. The first-order valence-electron chi connectivity index (χ1n) is 6.78. The number of aromatic hydroxyl groups is 1. The van der Waals surface area contributed by atoms with Crippen LogP contribution in [-0.4, -0.2) is 48.1 Å². The van der Waals surface area contributed by atoms with Crippen molar-refractivity contribution in [1.82, 2.24) is 9.80 Å². The van der Waals surface area contributed by atoms with Crippen molar-refractivity contribution >= 4 is 0 Å². The van der Waals surface area contributed by atoms with Crippen molar-refractivity contribution in [3.8, 4) is 5.75 Å². The fourth-order valence-electron chi connectivity index (χ4n) is 2.83. The lowest BCUT2D eigenvalue weighted by molar-refractivity contribution is 0.114. The molecule has 1 saturated heterocycles. The van der Waals surface area contributed by atoms with E-state index in [1.807, 2.05) is 18.2 Å². The van der Waals surface area contributed by atoms with E-state index in [1.54, 1.807) is 6.07 Å². The molecule has 1 N–H and O–H groups in total. The molecule has 1 fully saturated rings. The Kier molecular flexibility index (Phi) is 4.25. The van der Waals surface area contributed by atoms with Gasteiger partial charge in [0, 0.05) is 30.7 Å². The van der Waals surface area contributed by atoms with E-state index < -0.39 is 0 Å². The fourth-order valence-corrected chi connectivity index (χ4v) is 2.83. The lowest BCUT2D eigenvalue weighted by Crippen LogP contribution is -2.42. The number of likely N-dealkylation sites (tertiary alicyclic amines) is 1. The van der Waals surface area contributed by atoms with Crippen molar-refractivity contribution in [3.63, 3.8) is 0 Å². The van der Waals surface area contributed by atoms with Crippen LogP contribution in [-0.2, 0) is 0 Å². The summed E-state index contributed by atoms with van der Waals surface area (Å²) in [6, 6.07) is 8.69. The molecule has 18 heavy (non-hydrogen) atoms. The van der Waals surface area contributed by atoms with E-state index in [0.29, 0.717) is 17.8 Å². The van der Waals surface area contributed by atoms with Gasteiger partial charge in [-0.05, 0) is 39.9 Å². The molecule has 2 rings (SSSR count). The van der Waals surface area contributed by atoms with Crippen molar-refractivity contribution in [3.05, 3.63) is 29.8 Å². The van der Waals surface area contributed by atoms with Crippen LogP contribution in [0.1, 0.15) is 31.4 Å². The lowest BCUT2D eigenvalue weighted by atomic mass is 9.99. The quantitative estimate of drug-likeness (QED) is 0.890. The highest BCUT2D eigenvalue weighted by molar-refractivity contribution is 5.34. The molecule has 0 amide bonds. The summed E-state index contributed by atoms with van der Waals surface area (Å²) in [4.78, 5) is 4.79. The number of benzene rings is 1. The summed E-state index contributed by atoms with van der Waals surface area (Å²) in [5, 5.41) is 9.92. The van der Waals surface area contributed by atoms with E-state index in [1.165, 1.54) is 12.8 Å². The molecule has 1 heterocycles. The second kappa shape index (κ2) is 5.72. The van der Waals surface area contributed by atoms with Crippen LogP contribution < -0.4 is 0 Å².